The second kappa shape index (κ2) is 5.89. The number of anilines is 1. The molecule has 120 valence electrons. The van der Waals surface area contributed by atoms with Gasteiger partial charge in [0, 0.05) is 44.2 Å². The molecule has 1 amide bonds. The Morgan fingerprint density at radius 1 is 1.22 bits per heavy atom. The van der Waals surface area contributed by atoms with E-state index in [-0.39, 0.29) is 17.7 Å². The first-order valence-corrected chi connectivity index (χ1v) is 8.29. The molecule has 6 heteroatoms. The molecule has 23 heavy (non-hydrogen) atoms. The summed E-state index contributed by atoms with van der Waals surface area (Å²) in [6, 6.07) is 7.51. The van der Waals surface area contributed by atoms with Crippen LogP contribution in [-0.2, 0) is 4.79 Å². The summed E-state index contributed by atoms with van der Waals surface area (Å²) in [7, 11) is 0. The van der Waals surface area contributed by atoms with E-state index in [4.69, 9.17) is 16.0 Å². The third-order valence-corrected chi connectivity index (χ3v) is 4.94. The molecule has 4 rings (SSSR count). The molecule has 0 spiro atoms. The standard InChI is InChI=1S/C17H18ClN3O2/c18-14-3-1-5-19-16(14)20-6-8-21(9-7-20)17(22)13-11-12(13)15-4-2-10-23-15/h1-5,10,12-13H,6-9,11H2/t12-,13+/m0/s1. The fourth-order valence-corrected chi connectivity index (χ4v) is 3.51. The van der Waals surface area contributed by atoms with Crippen molar-refractivity contribution < 1.29 is 9.21 Å². The van der Waals surface area contributed by atoms with E-state index in [9.17, 15) is 4.79 Å². The molecule has 3 heterocycles. The number of carbonyl (C=O) groups excluding carboxylic acids is 1. The molecule has 2 aliphatic rings. The Balaban J connectivity index is 1.35. The maximum absolute atomic E-state index is 12.6. The number of pyridine rings is 1. The second-order valence-corrected chi connectivity index (χ2v) is 6.49. The van der Waals surface area contributed by atoms with E-state index in [1.807, 2.05) is 29.2 Å². The van der Waals surface area contributed by atoms with Gasteiger partial charge in [0.25, 0.3) is 0 Å². The Bertz CT molecular complexity index is 696. The minimum Gasteiger partial charge on any atom is -0.469 e. The van der Waals surface area contributed by atoms with E-state index < -0.39 is 0 Å². The fraction of sp³-hybridized carbons (Fsp3) is 0.412. The van der Waals surface area contributed by atoms with Crippen LogP contribution in [0.2, 0.25) is 5.02 Å². The van der Waals surface area contributed by atoms with Crippen LogP contribution in [-0.4, -0.2) is 42.0 Å². The lowest BCUT2D eigenvalue weighted by Crippen LogP contribution is -2.49. The number of furan rings is 1. The quantitative estimate of drug-likeness (QED) is 0.867. The van der Waals surface area contributed by atoms with Crippen LogP contribution in [0.15, 0.2) is 41.1 Å². The van der Waals surface area contributed by atoms with Crippen molar-refractivity contribution in [3.63, 3.8) is 0 Å². The van der Waals surface area contributed by atoms with Gasteiger partial charge in [-0.2, -0.15) is 0 Å². The van der Waals surface area contributed by atoms with E-state index in [2.05, 4.69) is 9.88 Å². The number of hydrogen-bond donors (Lipinski definition) is 0. The lowest BCUT2D eigenvalue weighted by atomic mass is 10.2. The van der Waals surface area contributed by atoms with Crippen LogP contribution >= 0.6 is 11.6 Å². The zero-order valence-electron chi connectivity index (χ0n) is 12.7. The number of nitrogens with zero attached hydrogens (tertiary/aromatic N) is 3. The first kappa shape index (κ1) is 14.6. The van der Waals surface area contributed by atoms with E-state index in [1.54, 1.807) is 12.5 Å². The molecular formula is C17H18ClN3O2. The molecule has 0 unspecified atom stereocenters. The van der Waals surface area contributed by atoms with Crippen LogP contribution in [0.4, 0.5) is 5.82 Å². The molecule has 1 aliphatic carbocycles. The number of carbonyl (C=O) groups is 1. The summed E-state index contributed by atoms with van der Waals surface area (Å²) >= 11 is 6.20. The van der Waals surface area contributed by atoms with Crippen LogP contribution < -0.4 is 4.90 Å². The van der Waals surface area contributed by atoms with Crippen molar-refractivity contribution >= 4 is 23.3 Å². The van der Waals surface area contributed by atoms with Gasteiger partial charge in [0.1, 0.15) is 11.6 Å². The molecule has 1 saturated heterocycles. The van der Waals surface area contributed by atoms with Crippen molar-refractivity contribution in [3.8, 4) is 0 Å². The molecule has 5 nitrogen and oxygen atoms in total. The van der Waals surface area contributed by atoms with Gasteiger partial charge in [0.05, 0.1) is 11.3 Å². The molecular weight excluding hydrogens is 314 g/mol. The van der Waals surface area contributed by atoms with Crippen molar-refractivity contribution in [2.45, 2.75) is 12.3 Å². The normalized spacial score (nSPS) is 23.9. The summed E-state index contributed by atoms with van der Waals surface area (Å²) in [5.74, 6) is 2.34. The number of piperazine rings is 1. The molecule has 0 N–H and O–H groups in total. The molecule has 1 aliphatic heterocycles. The highest BCUT2D eigenvalue weighted by atomic mass is 35.5. The van der Waals surface area contributed by atoms with Gasteiger partial charge in [-0.1, -0.05) is 11.6 Å². The second-order valence-electron chi connectivity index (χ2n) is 6.09. The highest BCUT2D eigenvalue weighted by molar-refractivity contribution is 6.32. The van der Waals surface area contributed by atoms with Gasteiger partial charge in [-0.25, -0.2) is 4.98 Å². The summed E-state index contributed by atoms with van der Waals surface area (Å²) in [5, 5.41) is 0.660. The maximum atomic E-state index is 12.6. The Morgan fingerprint density at radius 3 is 2.74 bits per heavy atom. The third kappa shape index (κ3) is 2.81. The maximum Gasteiger partial charge on any atom is 0.226 e. The van der Waals surface area contributed by atoms with Gasteiger partial charge >= 0.3 is 0 Å². The summed E-state index contributed by atoms with van der Waals surface area (Å²) in [6.45, 7) is 2.96. The van der Waals surface area contributed by atoms with Crippen molar-refractivity contribution in [2.24, 2.45) is 5.92 Å². The Labute approximate surface area is 139 Å². The predicted molar refractivity (Wildman–Crippen MR) is 87.6 cm³/mol. The lowest BCUT2D eigenvalue weighted by Gasteiger charge is -2.35. The van der Waals surface area contributed by atoms with Crippen LogP contribution in [0.25, 0.3) is 0 Å². The summed E-state index contributed by atoms with van der Waals surface area (Å²) in [6.07, 6.45) is 4.32. The molecule has 2 aromatic heterocycles. The molecule has 2 aromatic rings. The van der Waals surface area contributed by atoms with E-state index in [0.29, 0.717) is 18.1 Å². The van der Waals surface area contributed by atoms with Gasteiger partial charge < -0.3 is 14.2 Å². The monoisotopic (exact) mass is 331 g/mol. The average molecular weight is 332 g/mol. The van der Waals surface area contributed by atoms with Crippen LogP contribution in [0, 0.1) is 5.92 Å². The number of hydrogen-bond acceptors (Lipinski definition) is 4. The SMILES string of the molecule is O=C([C@@H]1C[C@@H]1c1ccco1)N1CCN(c2ncccc2Cl)CC1. The summed E-state index contributed by atoms with van der Waals surface area (Å²) in [4.78, 5) is 21.0. The number of aromatic nitrogens is 1. The molecule has 0 bridgehead atoms. The van der Waals surface area contributed by atoms with Gasteiger partial charge in [-0.3, -0.25) is 4.79 Å². The van der Waals surface area contributed by atoms with Crippen molar-refractivity contribution in [1.82, 2.24) is 9.88 Å². The highest BCUT2D eigenvalue weighted by Crippen LogP contribution is 2.48. The van der Waals surface area contributed by atoms with Crippen molar-refractivity contribution in [1.29, 1.82) is 0 Å². The molecule has 0 aromatic carbocycles. The summed E-state index contributed by atoms with van der Waals surface area (Å²) < 4.78 is 5.41. The van der Waals surface area contributed by atoms with Crippen molar-refractivity contribution in [3.05, 3.63) is 47.5 Å². The number of amides is 1. The van der Waals surface area contributed by atoms with Crippen LogP contribution in [0.1, 0.15) is 18.1 Å². The molecule has 2 fully saturated rings. The molecule has 0 radical (unpaired) electrons. The molecule has 1 saturated carbocycles. The Morgan fingerprint density at radius 2 is 2.04 bits per heavy atom. The first-order valence-electron chi connectivity index (χ1n) is 7.91. The average Bonchev–Trinajstić information content (AvgIpc) is 3.20. The Hall–Kier alpha value is -2.01. The zero-order valence-corrected chi connectivity index (χ0v) is 13.4. The van der Waals surface area contributed by atoms with Crippen molar-refractivity contribution in [2.75, 3.05) is 31.1 Å². The van der Waals surface area contributed by atoms with Gasteiger partial charge in [-0.05, 0) is 30.7 Å². The van der Waals surface area contributed by atoms with E-state index in [1.165, 1.54) is 0 Å². The first-order chi connectivity index (χ1) is 11.2. The third-order valence-electron chi connectivity index (χ3n) is 4.65. The van der Waals surface area contributed by atoms with Gasteiger partial charge in [0.15, 0.2) is 0 Å². The van der Waals surface area contributed by atoms with E-state index in [0.717, 1.165) is 31.1 Å². The predicted octanol–water partition coefficient (Wildman–Crippen LogP) is 2.78. The highest BCUT2D eigenvalue weighted by Gasteiger charge is 2.47. The summed E-state index contributed by atoms with van der Waals surface area (Å²) in [5.41, 5.74) is 0. The molecule has 2 atom stereocenters. The zero-order chi connectivity index (χ0) is 15.8. The topological polar surface area (TPSA) is 49.6 Å². The van der Waals surface area contributed by atoms with Gasteiger partial charge in [0.2, 0.25) is 5.91 Å². The minimum absolute atomic E-state index is 0.0890. The van der Waals surface area contributed by atoms with E-state index >= 15 is 0 Å². The number of halogens is 1. The van der Waals surface area contributed by atoms with Crippen LogP contribution in [0.5, 0.6) is 0 Å². The smallest absolute Gasteiger partial charge is 0.226 e. The van der Waals surface area contributed by atoms with Gasteiger partial charge in [-0.15, -0.1) is 0 Å². The minimum atomic E-state index is 0.0890. The largest absolute Gasteiger partial charge is 0.469 e. The lowest BCUT2D eigenvalue weighted by molar-refractivity contribution is -0.133. The Kier molecular flexibility index (Phi) is 3.73. The number of rotatable bonds is 3. The van der Waals surface area contributed by atoms with Crippen LogP contribution in [0.3, 0.4) is 0 Å². The fourth-order valence-electron chi connectivity index (χ4n) is 3.27.